The highest BCUT2D eigenvalue weighted by Crippen LogP contribution is 2.37. The van der Waals surface area contributed by atoms with Gasteiger partial charge in [0.15, 0.2) is 0 Å². The summed E-state index contributed by atoms with van der Waals surface area (Å²) in [6.07, 6.45) is 0. The smallest absolute Gasteiger partial charge is 0.258 e. The second-order valence-corrected chi connectivity index (χ2v) is 9.35. The van der Waals surface area contributed by atoms with Gasteiger partial charge in [-0.15, -0.1) is 0 Å². The summed E-state index contributed by atoms with van der Waals surface area (Å²) in [6.45, 7) is 1.88. The Hall–Kier alpha value is -2.24. The molecule has 0 aromatic heterocycles. The molecule has 0 aliphatic rings. The number of benzene rings is 3. The Bertz CT molecular complexity index is 945. The Labute approximate surface area is 153 Å². The van der Waals surface area contributed by atoms with Gasteiger partial charge in [-0.25, -0.2) is 13.6 Å². The van der Waals surface area contributed by atoms with Crippen LogP contribution in [0, 0.1) is 6.92 Å². The standard InChI is InChI=1S/C12H11O2P.C7H9NO2S/c13-15(14,11-7-3-1-4-8-11)12-9-5-2-6-10-12;1-6-2-4-7(5-3-6)11(8,9)10/h1-10H,(H,13,14);2-5H,1H3,(H2,8,9,10). The third-order valence-electron chi connectivity index (χ3n) is 3.56. The highest BCUT2D eigenvalue weighted by Gasteiger charge is 2.22. The number of aryl methyl sites for hydroxylation is 1. The summed E-state index contributed by atoms with van der Waals surface area (Å²) in [5, 5.41) is 5.82. The molecule has 7 heteroatoms. The Morgan fingerprint density at radius 3 is 1.50 bits per heavy atom. The number of rotatable bonds is 3. The molecule has 26 heavy (non-hydrogen) atoms. The zero-order valence-electron chi connectivity index (χ0n) is 14.2. The molecule has 3 aromatic carbocycles. The average Bonchev–Trinajstić information content (AvgIpc) is 2.63. The molecule has 0 aliphatic carbocycles. The minimum Gasteiger partial charge on any atom is -0.338 e. The molecule has 0 unspecified atom stereocenters. The van der Waals surface area contributed by atoms with Gasteiger partial charge < -0.3 is 4.89 Å². The van der Waals surface area contributed by atoms with Gasteiger partial charge in [-0.3, -0.25) is 4.57 Å². The van der Waals surface area contributed by atoms with Gasteiger partial charge in [0.2, 0.25) is 10.0 Å². The van der Waals surface area contributed by atoms with Crippen LogP contribution in [0.5, 0.6) is 0 Å². The van der Waals surface area contributed by atoms with Crippen molar-refractivity contribution >= 4 is 28.0 Å². The van der Waals surface area contributed by atoms with E-state index in [0.717, 1.165) is 5.56 Å². The van der Waals surface area contributed by atoms with Crippen LogP contribution in [0.2, 0.25) is 0 Å². The van der Waals surface area contributed by atoms with Crippen LogP contribution in [-0.4, -0.2) is 13.3 Å². The molecule has 0 fully saturated rings. The third-order valence-corrected chi connectivity index (χ3v) is 6.49. The lowest BCUT2D eigenvalue weighted by Crippen LogP contribution is -2.14. The van der Waals surface area contributed by atoms with Gasteiger partial charge in [0.05, 0.1) is 4.90 Å². The summed E-state index contributed by atoms with van der Waals surface area (Å²) in [4.78, 5) is 10.2. The first-order valence-electron chi connectivity index (χ1n) is 7.75. The SMILES string of the molecule is Cc1ccc(S(N)(=O)=O)cc1.O=P(O)(c1ccccc1)c1ccccc1. The molecule has 0 saturated carbocycles. The predicted octanol–water partition coefficient (Wildman–Crippen LogP) is 2.55. The maximum atomic E-state index is 12.2. The first-order chi connectivity index (χ1) is 12.2. The van der Waals surface area contributed by atoms with Gasteiger partial charge in [-0.1, -0.05) is 54.1 Å². The van der Waals surface area contributed by atoms with Crippen molar-refractivity contribution in [3.05, 3.63) is 90.5 Å². The van der Waals surface area contributed by atoms with Gasteiger partial charge in [0, 0.05) is 10.6 Å². The normalized spacial score (nSPS) is 11.3. The molecule has 0 heterocycles. The molecule has 136 valence electrons. The van der Waals surface area contributed by atoms with E-state index in [-0.39, 0.29) is 4.90 Å². The molecule has 5 nitrogen and oxygen atoms in total. The second kappa shape index (κ2) is 8.43. The van der Waals surface area contributed by atoms with Crippen LogP contribution < -0.4 is 15.7 Å². The predicted molar refractivity (Wildman–Crippen MR) is 105 cm³/mol. The summed E-state index contributed by atoms with van der Waals surface area (Å²) in [7, 11) is -6.92. The van der Waals surface area contributed by atoms with E-state index < -0.39 is 17.4 Å². The second-order valence-electron chi connectivity index (χ2n) is 5.61. The van der Waals surface area contributed by atoms with Crippen molar-refractivity contribution in [1.82, 2.24) is 0 Å². The zero-order valence-corrected chi connectivity index (χ0v) is 15.9. The molecule has 3 rings (SSSR count). The number of sulfonamides is 1. The Morgan fingerprint density at radius 2 is 1.15 bits per heavy atom. The molecule has 3 N–H and O–H groups in total. The number of hydrogen-bond donors (Lipinski definition) is 2. The number of hydrogen-bond acceptors (Lipinski definition) is 3. The first kappa shape index (κ1) is 20.1. The molecule has 0 radical (unpaired) electrons. The van der Waals surface area contributed by atoms with Crippen LogP contribution in [0.4, 0.5) is 0 Å². The van der Waals surface area contributed by atoms with Crippen molar-refractivity contribution in [2.24, 2.45) is 5.14 Å². The Morgan fingerprint density at radius 1 is 0.769 bits per heavy atom. The summed E-state index contributed by atoms with van der Waals surface area (Å²) >= 11 is 0. The minimum absolute atomic E-state index is 0.156. The lowest BCUT2D eigenvalue weighted by molar-refractivity contribution is 0.501. The fraction of sp³-hybridized carbons (Fsp3) is 0.0526. The molecule has 0 amide bonds. The first-order valence-corrected chi connectivity index (χ1v) is 11.0. The van der Waals surface area contributed by atoms with E-state index in [9.17, 15) is 17.9 Å². The van der Waals surface area contributed by atoms with Crippen LogP contribution >= 0.6 is 7.37 Å². The molecule has 0 spiro atoms. The maximum absolute atomic E-state index is 12.2. The van der Waals surface area contributed by atoms with E-state index in [1.807, 2.05) is 19.1 Å². The van der Waals surface area contributed by atoms with E-state index in [1.165, 1.54) is 12.1 Å². The van der Waals surface area contributed by atoms with Gasteiger partial charge in [0.1, 0.15) is 0 Å². The number of nitrogens with two attached hydrogens (primary N) is 1. The quantitative estimate of drug-likeness (QED) is 0.673. The molecule has 0 atom stereocenters. The summed E-state index contributed by atoms with van der Waals surface area (Å²) in [6, 6.07) is 23.8. The molecule has 3 aromatic rings. The van der Waals surface area contributed by atoms with Crippen molar-refractivity contribution in [1.29, 1.82) is 0 Å². The maximum Gasteiger partial charge on any atom is 0.258 e. The van der Waals surface area contributed by atoms with Crippen LogP contribution in [0.15, 0.2) is 89.8 Å². The van der Waals surface area contributed by atoms with Gasteiger partial charge >= 0.3 is 0 Å². The van der Waals surface area contributed by atoms with Crippen LogP contribution in [-0.2, 0) is 14.6 Å². The third kappa shape index (κ3) is 5.38. The van der Waals surface area contributed by atoms with Crippen LogP contribution in [0.1, 0.15) is 5.56 Å². The van der Waals surface area contributed by atoms with E-state index >= 15 is 0 Å². The van der Waals surface area contributed by atoms with E-state index in [1.54, 1.807) is 60.7 Å². The summed E-state index contributed by atoms with van der Waals surface area (Å²) in [5.41, 5.74) is 1.01. The van der Waals surface area contributed by atoms with Crippen molar-refractivity contribution in [2.45, 2.75) is 11.8 Å². The topological polar surface area (TPSA) is 97.5 Å². The summed E-state index contributed by atoms with van der Waals surface area (Å²) in [5.74, 6) is 0. The Balaban J connectivity index is 0.000000197. The van der Waals surface area contributed by atoms with Gasteiger partial charge in [-0.05, 0) is 43.3 Å². The fourth-order valence-electron chi connectivity index (χ4n) is 2.14. The van der Waals surface area contributed by atoms with Crippen molar-refractivity contribution < 1.29 is 17.9 Å². The minimum atomic E-state index is -3.52. The lowest BCUT2D eigenvalue weighted by Gasteiger charge is -2.11. The van der Waals surface area contributed by atoms with Crippen molar-refractivity contribution in [3.8, 4) is 0 Å². The van der Waals surface area contributed by atoms with E-state index in [4.69, 9.17) is 5.14 Å². The van der Waals surface area contributed by atoms with E-state index in [2.05, 4.69) is 0 Å². The molecular formula is C19H20NO4PS. The largest absolute Gasteiger partial charge is 0.338 e. The molecular weight excluding hydrogens is 369 g/mol. The lowest BCUT2D eigenvalue weighted by atomic mass is 10.2. The highest BCUT2D eigenvalue weighted by atomic mass is 32.2. The van der Waals surface area contributed by atoms with Crippen LogP contribution in [0.25, 0.3) is 0 Å². The van der Waals surface area contributed by atoms with Gasteiger partial charge in [-0.2, -0.15) is 0 Å². The van der Waals surface area contributed by atoms with Crippen molar-refractivity contribution in [3.63, 3.8) is 0 Å². The average molecular weight is 389 g/mol. The highest BCUT2D eigenvalue weighted by molar-refractivity contribution is 7.89. The monoisotopic (exact) mass is 389 g/mol. The molecule has 0 saturated heterocycles. The number of primary sulfonamides is 1. The fourth-order valence-corrected chi connectivity index (χ4v) is 4.10. The van der Waals surface area contributed by atoms with Crippen LogP contribution in [0.3, 0.4) is 0 Å². The summed E-state index contributed by atoms with van der Waals surface area (Å²) < 4.78 is 33.6. The van der Waals surface area contributed by atoms with Gasteiger partial charge in [0.25, 0.3) is 7.37 Å². The Kier molecular flexibility index (Phi) is 6.51. The zero-order chi connectivity index (χ0) is 19.2. The molecule has 0 aliphatic heterocycles. The van der Waals surface area contributed by atoms with E-state index in [0.29, 0.717) is 10.6 Å². The molecule has 0 bridgehead atoms. The van der Waals surface area contributed by atoms with Crippen molar-refractivity contribution in [2.75, 3.05) is 0 Å².